The highest BCUT2D eigenvalue weighted by atomic mass is 16.6. The van der Waals surface area contributed by atoms with E-state index in [1.165, 1.54) is 19.3 Å². The molecule has 58 heavy (non-hydrogen) atoms. The van der Waals surface area contributed by atoms with Gasteiger partial charge in [0, 0.05) is 19.4 Å². The Bertz CT molecular complexity index is 1180. The van der Waals surface area contributed by atoms with Gasteiger partial charge in [-0.25, -0.2) is 0 Å². The number of ether oxygens (including phenoxy) is 3. The van der Waals surface area contributed by atoms with Gasteiger partial charge in [-0.3, -0.25) is 9.59 Å². The van der Waals surface area contributed by atoms with Crippen LogP contribution in [0.2, 0.25) is 0 Å². The first-order valence-corrected chi connectivity index (χ1v) is 23.4. The van der Waals surface area contributed by atoms with Gasteiger partial charge in [-0.15, -0.1) is 0 Å². The molecule has 328 valence electrons. The lowest BCUT2D eigenvalue weighted by Gasteiger charge is -2.18. The second-order valence-electron chi connectivity index (χ2n) is 14.9. The van der Waals surface area contributed by atoms with Crippen LogP contribution in [0, 0.1) is 0 Å². The molecule has 0 aliphatic rings. The summed E-state index contributed by atoms with van der Waals surface area (Å²) in [5.41, 5.74) is 0. The van der Waals surface area contributed by atoms with Crippen molar-refractivity contribution in [2.75, 3.05) is 19.8 Å². The first-order valence-electron chi connectivity index (χ1n) is 23.4. The number of hydrogen-bond acceptors (Lipinski definition) is 5. The van der Waals surface area contributed by atoms with Crippen LogP contribution in [-0.2, 0) is 23.8 Å². The van der Waals surface area contributed by atoms with Crippen LogP contribution in [0.25, 0.3) is 0 Å². The molecule has 0 saturated heterocycles. The molecular formula is C53H86O5. The Kier molecular flexibility index (Phi) is 45.1. The van der Waals surface area contributed by atoms with Gasteiger partial charge in [0.2, 0.25) is 0 Å². The highest BCUT2D eigenvalue weighted by Gasteiger charge is 2.17. The van der Waals surface area contributed by atoms with Gasteiger partial charge in [0.15, 0.2) is 6.10 Å². The Morgan fingerprint density at radius 2 is 0.776 bits per heavy atom. The Balaban J connectivity index is 4.17. The van der Waals surface area contributed by atoms with Crippen molar-refractivity contribution < 1.29 is 23.8 Å². The summed E-state index contributed by atoms with van der Waals surface area (Å²) in [5, 5.41) is 0. The smallest absolute Gasteiger partial charge is 0.306 e. The largest absolute Gasteiger partial charge is 0.462 e. The molecule has 0 heterocycles. The summed E-state index contributed by atoms with van der Waals surface area (Å²) in [5.74, 6) is -0.462. The second kappa shape index (κ2) is 47.9. The number of rotatable bonds is 41. The number of carbonyl (C=O) groups is 2. The van der Waals surface area contributed by atoms with Crippen molar-refractivity contribution in [1.29, 1.82) is 0 Å². The summed E-state index contributed by atoms with van der Waals surface area (Å²) in [7, 11) is 0. The fourth-order valence-electron chi connectivity index (χ4n) is 5.88. The van der Waals surface area contributed by atoms with Crippen molar-refractivity contribution in [3.63, 3.8) is 0 Å². The molecule has 0 amide bonds. The van der Waals surface area contributed by atoms with Crippen molar-refractivity contribution in [3.8, 4) is 0 Å². The molecule has 0 spiro atoms. The number of allylic oxidation sites excluding steroid dienone is 18. The lowest BCUT2D eigenvalue weighted by molar-refractivity contribution is -0.163. The van der Waals surface area contributed by atoms with Crippen LogP contribution in [0.1, 0.15) is 188 Å². The molecule has 1 unspecified atom stereocenters. The molecule has 5 heteroatoms. The van der Waals surface area contributed by atoms with E-state index in [0.29, 0.717) is 19.4 Å². The molecule has 0 aromatic carbocycles. The van der Waals surface area contributed by atoms with Crippen LogP contribution in [0.5, 0.6) is 0 Å². The molecule has 0 aromatic heterocycles. The SMILES string of the molecule is CC/C=C\C/C=C\C/C=C\C/C=C\C/C=C\CCCCCCOCC(COC(=O)CCCCCC/C=C\C/C=C\C/C=C\C/C=C\CC)OC(=O)CCCCCCC. The van der Waals surface area contributed by atoms with E-state index in [2.05, 4.69) is 130 Å². The number of unbranched alkanes of at least 4 members (excludes halogenated alkanes) is 12. The summed E-state index contributed by atoms with van der Waals surface area (Å²) >= 11 is 0. The maximum Gasteiger partial charge on any atom is 0.306 e. The molecule has 1 atom stereocenters. The van der Waals surface area contributed by atoms with Crippen LogP contribution in [0.15, 0.2) is 109 Å². The van der Waals surface area contributed by atoms with Crippen LogP contribution in [0.4, 0.5) is 0 Å². The molecule has 0 radical (unpaired) electrons. The fourth-order valence-corrected chi connectivity index (χ4v) is 5.88. The Hall–Kier alpha value is -3.44. The third kappa shape index (κ3) is 45.3. The van der Waals surface area contributed by atoms with Gasteiger partial charge in [0.25, 0.3) is 0 Å². The standard InChI is InChI=1S/C53H86O5/c1-4-7-10-13-15-17-19-21-23-25-26-27-29-31-33-35-37-39-42-45-48-56-49-51(58-53(55)47-44-40-12-9-6-3)50-57-52(54)46-43-41-38-36-34-32-30-28-24-22-20-18-16-14-11-8-5-2/h7-8,10-11,15-18,21-24,26-27,30-33,51H,4-6,9,12-14,19-20,25,28-29,34-50H2,1-3H3/b10-7-,11-8-,17-15-,18-16-,23-21-,24-22-,27-26-,32-30-,33-31-. The summed E-state index contributed by atoms with van der Waals surface area (Å²) in [6.45, 7) is 7.42. The fraction of sp³-hybridized carbons (Fsp3) is 0.623. The van der Waals surface area contributed by atoms with E-state index < -0.39 is 6.10 Å². The minimum Gasteiger partial charge on any atom is -0.462 e. The topological polar surface area (TPSA) is 61.8 Å². The number of esters is 2. The average molecular weight is 803 g/mol. The van der Waals surface area contributed by atoms with Gasteiger partial charge in [0.05, 0.1) is 6.61 Å². The molecular weight excluding hydrogens is 717 g/mol. The lowest BCUT2D eigenvalue weighted by atomic mass is 10.1. The van der Waals surface area contributed by atoms with Crippen LogP contribution >= 0.6 is 0 Å². The van der Waals surface area contributed by atoms with E-state index >= 15 is 0 Å². The van der Waals surface area contributed by atoms with Crippen LogP contribution in [0.3, 0.4) is 0 Å². The third-order valence-electron chi connectivity index (χ3n) is 9.30. The molecule has 0 saturated carbocycles. The molecule has 0 aromatic rings. The van der Waals surface area contributed by atoms with Crippen molar-refractivity contribution in [3.05, 3.63) is 109 Å². The highest BCUT2D eigenvalue weighted by Crippen LogP contribution is 2.11. The quantitative estimate of drug-likeness (QED) is 0.0350. The van der Waals surface area contributed by atoms with Gasteiger partial charge in [-0.05, 0) is 103 Å². The highest BCUT2D eigenvalue weighted by molar-refractivity contribution is 5.70. The predicted molar refractivity (Wildman–Crippen MR) is 251 cm³/mol. The minimum atomic E-state index is -0.562. The molecule has 0 aliphatic heterocycles. The molecule has 0 fully saturated rings. The zero-order chi connectivity index (χ0) is 42.1. The van der Waals surface area contributed by atoms with Crippen molar-refractivity contribution in [1.82, 2.24) is 0 Å². The summed E-state index contributed by atoms with van der Waals surface area (Å²) in [4.78, 5) is 25.1. The van der Waals surface area contributed by atoms with Gasteiger partial charge in [0.1, 0.15) is 6.61 Å². The molecule has 5 nitrogen and oxygen atoms in total. The average Bonchev–Trinajstić information content (AvgIpc) is 3.22. The summed E-state index contributed by atoms with van der Waals surface area (Å²) < 4.78 is 17.2. The van der Waals surface area contributed by atoms with Gasteiger partial charge in [-0.2, -0.15) is 0 Å². The van der Waals surface area contributed by atoms with Gasteiger partial charge < -0.3 is 14.2 Å². The zero-order valence-electron chi connectivity index (χ0n) is 37.5. The second-order valence-corrected chi connectivity index (χ2v) is 14.9. The number of hydrogen-bond donors (Lipinski definition) is 0. The Labute approximate surface area is 357 Å². The van der Waals surface area contributed by atoms with E-state index in [0.717, 1.165) is 135 Å². The maximum atomic E-state index is 12.6. The zero-order valence-corrected chi connectivity index (χ0v) is 37.5. The van der Waals surface area contributed by atoms with Crippen molar-refractivity contribution in [2.45, 2.75) is 194 Å². The lowest BCUT2D eigenvalue weighted by Crippen LogP contribution is -2.30. The van der Waals surface area contributed by atoms with E-state index in [-0.39, 0.29) is 25.2 Å². The van der Waals surface area contributed by atoms with E-state index in [4.69, 9.17) is 14.2 Å². The third-order valence-corrected chi connectivity index (χ3v) is 9.30. The summed E-state index contributed by atoms with van der Waals surface area (Å²) in [6, 6.07) is 0. The normalized spacial score (nSPS) is 13.2. The number of carbonyl (C=O) groups excluding carboxylic acids is 2. The maximum absolute atomic E-state index is 12.6. The van der Waals surface area contributed by atoms with Gasteiger partial charge in [-0.1, -0.05) is 182 Å². The van der Waals surface area contributed by atoms with E-state index in [9.17, 15) is 9.59 Å². The first kappa shape index (κ1) is 54.6. The Morgan fingerprint density at radius 3 is 1.22 bits per heavy atom. The summed E-state index contributed by atoms with van der Waals surface area (Å²) in [6.07, 6.45) is 65.5. The van der Waals surface area contributed by atoms with Crippen molar-refractivity contribution >= 4 is 11.9 Å². The Morgan fingerprint density at radius 1 is 0.397 bits per heavy atom. The van der Waals surface area contributed by atoms with Crippen molar-refractivity contribution in [2.24, 2.45) is 0 Å². The van der Waals surface area contributed by atoms with Gasteiger partial charge >= 0.3 is 11.9 Å². The van der Waals surface area contributed by atoms with E-state index in [1.54, 1.807) is 0 Å². The monoisotopic (exact) mass is 803 g/mol. The predicted octanol–water partition coefficient (Wildman–Crippen LogP) is 15.7. The molecule has 0 aliphatic carbocycles. The molecule has 0 bridgehead atoms. The first-order chi connectivity index (χ1) is 28.6. The molecule has 0 rings (SSSR count). The van der Waals surface area contributed by atoms with Crippen LogP contribution < -0.4 is 0 Å². The van der Waals surface area contributed by atoms with Crippen LogP contribution in [-0.4, -0.2) is 37.9 Å². The minimum absolute atomic E-state index is 0.0550. The molecule has 0 N–H and O–H groups in total. The van der Waals surface area contributed by atoms with E-state index in [1.807, 2.05) is 0 Å².